The van der Waals surface area contributed by atoms with Gasteiger partial charge >= 0.3 is 5.97 Å². The van der Waals surface area contributed by atoms with Crippen molar-refractivity contribution in [2.45, 2.75) is 39.2 Å². The number of hydrogen-bond acceptors (Lipinski definition) is 6. The van der Waals surface area contributed by atoms with E-state index in [9.17, 15) is 9.59 Å². The summed E-state index contributed by atoms with van der Waals surface area (Å²) in [6.45, 7) is 3.79. The lowest BCUT2D eigenvalue weighted by molar-refractivity contribution is -0.123. The molecule has 1 aliphatic carbocycles. The maximum absolute atomic E-state index is 12.8. The molecule has 2 aromatic carbocycles. The van der Waals surface area contributed by atoms with E-state index in [-0.39, 0.29) is 0 Å². The zero-order valence-electron chi connectivity index (χ0n) is 18.8. The van der Waals surface area contributed by atoms with E-state index >= 15 is 0 Å². The lowest BCUT2D eigenvalue weighted by Gasteiger charge is -2.16. The molecule has 1 N–H and O–H groups in total. The molecule has 1 aliphatic rings. The minimum Gasteiger partial charge on any atom is -0.495 e. The van der Waals surface area contributed by atoms with Crippen molar-refractivity contribution in [1.82, 2.24) is 0 Å². The summed E-state index contributed by atoms with van der Waals surface area (Å²) in [7, 11) is 1.54. The maximum atomic E-state index is 12.8. The zero-order chi connectivity index (χ0) is 23.1. The number of rotatable bonds is 5. The Morgan fingerprint density at radius 2 is 1.97 bits per heavy atom. The van der Waals surface area contributed by atoms with Crippen LogP contribution in [-0.2, 0) is 22.4 Å². The second kappa shape index (κ2) is 8.56. The van der Waals surface area contributed by atoms with Crippen molar-refractivity contribution in [1.29, 1.82) is 0 Å². The van der Waals surface area contributed by atoms with Crippen LogP contribution in [0.4, 0.5) is 5.69 Å². The van der Waals surface area contributed by atoms with E-state index in [1.165, 1.54) is 21.8 Å². The van der Waals surface area contributed by atoms with Crippen molar-refractivity contribution < 1.29 is 23.5 Å². The van der Waals surface area contributed by atoms with Gasteiger partial charge in [-0.3, -0.25) is 4.79 Å². The third-order valence-electron chi connectivity index (χ3n) is 6.14. The number of fused-ring (bicyclic) bond motifs is 4. The Balaban J connectivity index is 1.32. The van der Waals surface area contributed by atoms with Gasteiger partial charge in [0.05, 0.1) is 12.8 Å². The molecule has 0 aliphatic heterocycles. The highest BCUT2D eigenvalue weighted by Gasteiger charge is 2.25. The van der Waals surface area contributed by atoms with Gasteiger partial charge < -0.3 is 19.2 Å². The van der Waals surface area contributed by atoms with E-state index in [1.807, 2.05) is 36.4 Å². The molecule has 5 rings (SSSR count). The predicted molar refractivity (Wildman–Crippen MR) is 129 cm³/mol. The lowest BCUT2D eigenvalue weighted by Crippen LogP contribution is -2.30. The molecule has 0 fully saturated rings. The number of hydrogen-bond donors (Lipinski definition) is 1. The largest absolute Gasteiger partial charge is 0.495 e. The summed E-state index contributed by atoms with van der Waals surface area (Å²) in [6, 6.07) is 13.2. The highest BCUT2D eigenvalue weighted by atomic mass is 32.1. The molecule has 33 heavy (non-hydrogen) atoms. The third-order valence-corrected chi connectivity index (χ3v) is 7.36. The highest BCUT2D eigenvalue weighted by Crippen LogP contribution is 2.36. The monoisotopic (exact) mass is 463 g/mol. The van der Waals surface area contributed by atoms with E-state index < -0.39 is 18.0 Å². The van der Waals surface area contributed by atoms with Crippen molar-refractivity contribution >= 4 is 50.8 Å². The Morgan fingerprint density at radius 3 is 2.79 bits per heavy atom. The zero-order valence-corrected chi connectivity index (χ0v) is 19.6. The van der Waals surface area contributed by atoms with Crippen LogP contribution in [0.25, 0.3) is 21.9 Å². The van der Waals surface area contributed by atoms with Crippen LogP contribution in [0, 0.1) is 5.92 Å². The van der Waals surface area contributed by atoms with Gasteiger partial charge in [-0.1, -0.05) is 25.1 Å². The molecule has 6 nitrogen and oxygen atoms in total. The van der Waals surface area contributed by atoms with Gasteiger partial charge in [-0.2, -0.15) is 0 Å². The van der Waals surface area contributed by atoms with Gasteiger partial charge in [0.15, 0.2) is 6.10 Å². The fourth-order valence-electron chi connectivity index (χ4n) is 4.33. The number of methoxy groups -OCH3 is 1. The van der Waals surface area contributed by atoms with Crippen LogP contribution in [0.15, 0.2) is 46.9 Å². The van der Waals surface area contributed by atoms with Gasteiger partial charge in [-0.15, -0.1) is 11.3 Å². The number of carbonyl (C=O) groups excluding carboxylic acids is 2. The van der Waals surface area contributed by atoms with Gasteiger partial charge in [-0.05, 0) is 55.9 Å². The number of anilines is 1. The van der Waals surface area contributed by atoms with Crippen molar-refractivity contribution in [3.63, 3.8) is 0 Å². The second-order valence-electron chi connectivity index (χ2n) is 8.59. The molecule has 0 bridgehead atoms. The molecular weight excluding hydrogens is 438 g/mol. The van der Waals surface area contributed by atoms with Crippen LogP contribution in [0.3, 0.4) is 0 Å². The van der Waals surface area contributed by atoms with Crippen LogP contribution in [0.5, 0.6) is 5.75 Å². The molecule has 7 heteroatoms. The minimum absolute atomic E-state index is 0.438. The molecule has 0 unspecified atom stereocenters. The molecule has 0 spiro atoms. The van der Waals surface area contributed by atoms with E-state index in [0.29, 0.717) is 27.8 Å². The van der Waals surface area contributed by atoms with Gasteiger partial charge in [0.2, 0.25) is 0 Å². The second-order valence-corrected chi connectivity index (χ2v) is 9.73. The van der Waals surface area contributed by atoms with Gasteiger partial charge in [0, 0.05) is 21.7 Å². The number of para-hydroxylation sites is 1. The first-order chi connectivity index (χ1) is 15.9. The Bertz CT molecular complexity index is 1370. The SMILES string of the molecule is COc1cc2c(cc1NC(=O)[C@@H](C)OC(=O)c1cc3c(s1)CC[C@@H](C)C3)oc1ccccc12. The third kappa shape index (κ3) is 4.09. The van der Waals surface area contributed by atoms with E-state index in [1.54, 1.807) is 20.1 Å². The highest BCUT2D eigenvalue weighted by molar-refractivity contribution is 7.14. The summed E-state index contributed by atoms with van der Waals surface area (Å²) in [4.78, 5) is 27.3. The number of carbonyl (C=O) groups is 2. The smallest absolute Gasteiger partial charge is 0.349 e. The fraction of sp³-hybridized carbons (Fsp3) is 0.308. The van der Waals surface area contributed by atoms with Crippen LogP contribution >= 0.6 is 11.3 Å². The number of amides is 1. The summed E-state index contributed by atoms with van der Waals surface area (Å²) in [5, 5.41) is 4.68. The summed E-state index contributed by atoms with van der Waals surface area (Å²) in [6.07, 6.45) is 2.15. The van der Waals surface area contributed by atoms with Crippen LogP contribution in [0.2, 0.25) is 0 Å². The number of aryl methyl sites for hydroxylation is 1. The lowest BCUT2D eigenvalue weighted by atomic mass is 9.90. The number of benzene rings is 2. The maximum Gasteiger partial charge on any atom is 0.349 e. The van der Waals surface area contributed by atoms with Crippen molar-refractivity contribution in [2.75, 3.05) is 12.4 Å². The number of ether oxygens (including phenoxy) is 2. The number of furan rings is 1. The molecule has 0 saturated heterocycles. The quantitative estimate of drug-likeness (QED) is 0.369. The minimum atomic E-state index is -0.966. The van der Waals surface area contributed by atoms with Crippen molar-refractivity contribution in [3.8, 4) is 5.75 Å². The summed E-state index contributed by atoms with van der Waals surface area (Å²) in [5.74, 6) is 0.220. The first-order valence-corrected chi connectivity index (χ1v) is 11.9. The van der Waals surface area contributed by atoms with Gasteiger partial charge in [0.1, 0.15) is 21.8 Å². The summed E-state index contributed by atoms with van der Waals surface area (Å²) >= 11 is 1.47. The molecule has 2 heterocycles. The molecule has 1 amide bonds. The Hall–Kier alpha value is -3.32. The Labute approximate surface area is 195 Å². The Morgan fingerprint density at radius 1 is 1.15 bits per heavy atom. The average molecular weight is 464 g/mol. The van der Waals surface area contributed by atoms with E-state index in [2.05, 4.69) is 12.2 Å². The molecule has 170 valence electrons. The molecule has 0 saturated carbocycles. The molecule has 4 aromatic rings. The van der Waals surface area contributed by atoms with Gasteiger partial charge in [-0.25, -0.2) is 4.79 Å². The fourth-order valence-corrected chi connectivity index (χ4v) is 5.42. The normalized spacial score (nSPS) is 16.4. The standard InChI is InChI=1S/C26H25NO5S/c1-14-8-9-23-16(10-14)11-24(33-23)26(29)31-15(2)25(28)27-19-13-21-18(12-22(19)30-3)17-6-4-5-7-20(17)32-21/h4-7,11-15H,8-10H2,1-3H3,(H,27,28)/t14-,15-/m1/s1. The molecular formula is C26H25NO5S. The van der Waals surface area contributed by atoms with Crippen LogP contribution in [-0.4, -0.2) is 25.1 Å². The van der Waals surface area contributed by atoms with Crippen LogP contribution in [0.1, 0.15) is 40.4 Å². The topological polar surface area (TPSA) is 77.8 Å². The summed E-state index contributed by atoms with van der Waals surface area (Å²) in [5.41, 5.74) is 3.08. The first-order valence-electron chi connectivity index (χ1n) is 11.1. The van der Waals surface area contributed by atoms with Gasteiger partial charge in [0.25, 0.3) is 5.91 Å². The molecule has 0 radical (unpaired) electrons. The Kier molecular flexibility index (Phi) is 5.58. The first kappa shape index (κ1) is 21.5. The summed E-state index contributed by atoms with van der Waals surface area (Å²) < 4.78 is 16.9. The molecule has 2 aromatic heterocycles. The number of nitrogens with one attached hydrogen (secondary N) is 1. The van der Waals surface area contributed by atoms with E-state index in [4.69, 9.17) is 13.9 Å². The van der Waals surface area contributed by atoms with Crippen molar-refractivity contribution in [3.05, 3.63) is 57.8 Å². The number of thiophene rings is 1. The number of esters is 1. The van der Waals surface area contributed by atoms with Crippen LogP contribution < -0.4 is 10.1 Å². The van der Waals surface area contributed by atoms with Crippen molar-refractivity contribution in [2.24, 2.45) is 5.92 Å². The average Bonchev–Trinajstić information content (AvgIpc) is 3.38. The molecule has 2 atom stereocenters. The predicted octanol–water partition coefficient (Wildman–Crippen LogP) is 5.96. The van der Waals surface area contributed by atoms with E-state index in [0.717, 1.165) is 35.6 Å².